The highest BCUT2D eigenvalue weighted by Gasteiger charge is 2.19. The molecule has 446 valence electrons. The highest BCUT2D eigenvalue weighted by molar-refractivity contribution is 5.71. The number of hydrogen-bond donors (Lipinski definition) is 0. The minimum Gasteiger partial charge on any atom is -0.462 e. The molecule has 0 rings (SSSR count). The first-order valence-electron chi connectivity index (χ1n) is 34.0. The Balaban J connectivity index is 3.97. The molecule has 0 saturated carbocycles. The van der Waals surface area contributed by atoms with Crippen molar-refractivity contribution in [3.8, 4) is 0 Å². The molecule has 0 N–H and O–H groups in total. The Labute approximate surface area is 474 Å². The Kier molecular flexibility index (Phi) is 63.1. The van der Waals surface area contributed by atoms with E-state index in [2.05, 4.69) is 57.2 Å². The summed E-state index contributed by atoms with van der Waals surface area (Å²) in [5, 5.41) is 0. The van der Waals surface area contributed by atoms with Crippen molar-refractivity contribution in [1.29, 1.82) is 0 Å². The molecule has 0 aromatic rings. The Hall–Kier alpha value is -2.37. The minimum atomic E-state index is -0.777. The molecular weight excluding hydrogens is 937 g/mol. The average Bonchev–Trinajstić information content (AvgIpc) is 3.42. The van der Waals surface area contributed by atoms with Gasteiger partial charge in [-0.25, -0.2) is 0 Å². The molecule has 0 radical (unpaired) electrons. The van der Waals surface area contributed by atoms with Crippen molar-refractivity contribution in [1.82, 2.24) is 0 Å². The van der Waals surface area contributed by atoms with Crippen molar-refractivity contribution in [3.05, 3.63) is 36.5 Å². The quantitative estimate of drug-likeness (QED) is 0.0261. The third kappa shape index (κ3) is 62.5. The van der Waals surface area contributed by atoms with E-state index < -0.39 is 6.10 Å². The van der Waals surface area contributed by atoms with Crippen LogP contribution in [0.3, 0.4) is 0 Å². The highest BCUT2D eigenvalue weighted by Crippen LogP contribution is 2.19. The van der Waals surface area contributed by atoms with Crippen LogP contribution in [-0.4, -0.2) is 37.2 Å². The molecule has 0 aliphatic heterocycles. The van der Waals surface area contributed by atoms with Gasteiger partial charge in [-0.2, -0.15) is 0 Å². The molecular formula is C70H130O6. The molecule has 0 aliphatic carbocycles. The van der Waals surface area contributed by atoms with Crippen molar-refractivity contribution < 1.29 is 28.6 Å². The monoisotopic (exact) mass is 1070 g/mol. The summed E-state index contributed by atoms with van der Waals surface area (Å²) in [5.41, 5.74) is 0. The van der Waals surface area contributed by atoms with Crippen molar-refractivity contribution >= 4 is 17.9 Å². The lowest BCUT2D eigenvalue weighted by atomic mass is 10.0. The third-order valence-corrected chi connectivity index (χ3v) is 15.4. The zero-order valence-corrected chi connectivity index (χ0v) is 51.3. The lowest BCUT2D eigenvalue weighted by molar-refractivity contribution is -0.167. The van der Waals surface area contributed by atoms with Crippen LogP contribution in [0.2, 0.25) is 0 Å². The van der Waals surface area contributed by atoms with E-state index in [-0.39, 0.29) is 31.1 Å². The molecule has 6 heteroatoms. The number of ether oxygens (including phenoxy) is 3. The van der Waals surface area contributed by atoms with Crippen LogP contribution in [0.4, 0.5) is 0 Å². The molecule has 0 amide bonds. The Bertz CT molecular complexity index is 1270. The maximum absolute atomic E-state index is 12.8. The fourth-order valence-corrected chi connectivity index (χ4v) is 10.3. The van der Waals surface area contributed by atoms with E-state index in [1.165, 1.54) is 238 Å². The molecule has 0 saturated heterocycles. The standard InChI is InChI=1S/C70H130O6/c1-4-7-10-13-16-19-21-23-25-26-27-28-29-30-31-32-33-34-35-36-37-38-39-40-41-42-43-45-46-48-51-54-57-60-63-69(72)75-66-67(65-74-68(71)62-59-56-53-50-18-15-12-9-6-3)76-70(73)64-61-58-55-52-49-47-44-24-22-20-17-14-11-8-5-2/h8,11,17,20,24,44,67H,4-7,9-10,12-16,18-19,21-23,25-43,45-66H2,1-3H3/b11-8-,20-17-,44-24-. The normalized spacial score (nSPS) is 12.2. The first-order chi connectivity index (χ1) is 37.5. The predicted octanol–water partition coefficient (Wildman–Crippen LogP) is 23.2. The van der Waals surface area contributed by atoms with Crippen LogP contribution in [0.25, 0.3) is 0 Å². The summed E-state index contributed by atoms with van der Waals surface area (Å²) in [4.78, 5) is 38.1. The Morgan fingerprint density at radius 2 is 0.513 bits per heavy atom. The first kappa shape index (κ1) is 73.6. The summed E-state index contributed by atoms with van der Waals surface area (Å²) in [5.74, 6) is -0.874. The summed E-state index contributed by atoms with van der Waals surface area (Å²) >= 11 is 0. The zero-order valence-electron chi connectivity index (χ0n) is 51.3. The molecule has 0 aromatic heterocycles. The van der Waals surface area contributed by atoms with Gasteiger partial charge in [0, 0.05) is 19.3 Å². The summed E-state index contributed by atoms with van der Waals surface area (Å²) in [6.07, 6.45) is 80.7. The van der Waals surface area contributed by atoms with Gasteiger partial charge < -0.3 is 14.2 Å². The van der Waals surface area contributed by atoms with Crippen LogP contribution in [-0.2, 0) is 28.6 Å². The van der Waals surface area contributed by atoms with Crippen molar-refractivity contribution in [2.45, 2.75) is 380 Å². The number of hydrogen-bond acceptors (Lipinski definition) is 6. The van der Waals surface area contributed by atoms with E-state index in [9.17, 15) is 14.4 Å². The lowest BCUT2D eigenvalue weighted by Crippen LogP contribution is -2.30. The molecule has 0 heterocycles. The van der Waals surface area contributed by atoms with Crippen LogP contribution >= 0.6 is 0 Å². The van der Waals surface area contributed by atoms with Gasteiger partial charge in [-0.15, -0.1) is 0 Å². The fourth-order valence-electron chi connectivity index (χ4n) is 10.3. The Morgan fingerprint density at radius 3 is 0.803 bits per heavy atom. The van der Waals surface area contributed by atoms with Crippen LogP contribution in [0.5, 0.6) is 0 Å². The SMILES string of the molecule is CC/C=C\C/C=C\C/C=C\CCCCCCCC(=O)OC(COC(=O)CCCCCCCCCCC)COC(=O)CCCCCCCCCCCCCCCCCCCCCCCCCCCCCCCCCCCC. The number of carbonyl (C=O) groups excluding carboxylic acids is 3. The van der Waals surface area contributed by atoms with Gasteiger partial charge in [-0.05, 0) is 51.4 Å². The lowest BCUT2D eigenvalue weighted by Gasteiger charge is -2.18. The molecule has 0 bridgehead atoms. The topological polar surface area (TPSA) is 78.9 Å². The molecule has 0 aliphatic rings. The largest absolute Gasteiger partial charge is 0.462 e. The van der Waals surface area contributed by atoms with Crippen molar-refractivity contribution in [2.75, 3.05) is 13.2 Å². The number of carbonyl (C=O) groups is 3. The zero-order chi connectivity index (χ0) is 55.0. The molecule has 1 unspecified atom stereocenters. The summed E-state index contributed by atoms with van der Waals surface area (Å²) in [6.45, 7) is 6.55. The molecule has 6 nitrogen and oxygen atoms in total. The summed E-state index contributed by atoms with van der Waals surface area (Å²) < 4.78 is 16.9. The number of esters is 3. The van der Waals surface area contributed by atoms with Gasteiger partial charge in [0.15, 0.2) is 6.10 Å². The van der Waals surface area contributed by atoms with Gasteiger partial charge in [0.1, 0.15) is 13.2 Å². The predicted molar refractivity (Wildman–Crippen MR) is 330 cm³/mol. The minimum absolute atomic E-state index is 0.0746. The smallest absolute Gasteiger partial charge is 0.306 e. The first-order valence-corrected chi connectivity index (χ1v) is 34.0. The Morgan fingerprint density at radius 1 is 0.276 bits per heavy atom. The second-order valence-electron chi connectivity index (χ2n) is 23.1. The van der Waals surface area contributed by atoms with E-state index in [1.54, 1.807) is 0 Å². The van der Waals surface area contributed by atoms with Crippen LogP contribution in [0, 0.1) is 0 Å². The van der Waals surface area contributed by atoms with Crippen LogP contribution in [0.1, 0.15) is 374 Å². The van der Waals surface area contributed by atoms with Crippen LogP contribution < -0.4 is 0 Å². The number of allylic oxidation sites excluding steroid dienone is 6. The van der Waals surface area contributed by atoms with Gasteiger partial charge in [0.05, 0.1) is 0 Å². The second kappa shape index (κ2) is 65.2. The number of rotatable bonds is 63. The van der Waals surface area contributed by atoms with E-state index in [0.29, 0.717) is 19.3 Å². The van der Waals surface area contributed by atoms with Gasteiger partial charge in [-0.1, -0.05) is 340 Å². The number of unbranched alkanes of at least 4 members (excludes halogenated alkanes) is 46. The third-order valence-electron chi connectivity index (χ3n) is 15.4. The van der Waals surface area contributed by atoms with Gasteiger partial charge >= 0.3 is 17.9 Å². The van der Waals surface area contributed by atoms with Crippen molar-refractivity contribution in [2.24, 2.45) is 0 Å². The van der Waals surface area contributed by atoms with Gasteiger partial charge in [0.25, 0.3) is 0 Å². The fraction of sp³-hybridized carbons (Fsp3) is 0.871. The average molecular weight is 1070 g/mol. The molecule has 1 atom stereocenters. The van der Waals surface area contributed by atoms with Crippen molar-refractivity contribution in [3.63, 3.8) is 0 Å². The highest BCUT2D eigenvalue weighted by atomic mass is 16.6. The molecule has 0 spiro atoms. The second-order valence-corrected chi connectivity index (χ2v) is 23.1. The maximum atomic E-state index is 12.8. The summed E-state index contributed by atoms with van der Waals surface area (Å²) in [7, 11) is 0. The van der Waals surface area contributed by atoms with E-state index >= 15 is 0 Å². The maximum Gasteiger partial charge on any atom is 0.306 e. The van der Waals surface area contributed by atoms with E-state index in [4.69, 9.17) is 14.2 Å². The van der Waals surface area contributed by atoms with E-state index in [1.807, 2.05) is 0 Å². The molecule has 0 fully saturated rings. The van der Waals surface area contributed by atoms with Gasteiger partial charge in [-0.3, -0.25) is 14.4 Å². The van der Waals surface area contributed by atoms with E-state index in [0.717, 1.165) is 96.3 Å². The molecule has 76 heavy (non-hydrogen) atoms. The van der Waals surface area contributed by atoms with Gasteiger partial charge in [0.2, 0.25) is 0 Å². The van der Waals surface area contributed by atoms with Crippen LogP contribution in [0.15, 0.2) is 36.5 Å². The molecule has 0 aromatic carbocycles. The summed E-state index contributed by atoms with van der Waals surface area (Å²) in [6, 6.07) is 0.